The molecule has 1 aliphatic carbocycles. The molecular weight excluding hydrogens is 312 g/mol. The number of benzene rings is 1. The number of thioether (sulfide) groups is 1. The van der Waals surface area contributed by atoms with Crippen LogP contribution in [-0.4, -0.2) is 16.4 Å². The van der Waals surface area contributed by atoms with Crippen LogP contribution in [0.15, 0.2) is 40.8 Å². The second-order valence-corrected chi connectivity index (χ2v) is 7.77. The van der Waals surface area contributed by atoms with Crippen molar-refractivity contribution in [1.82, 2.24) is 5.32 Å². The molecule has 2 heterocycles. The van der Waals surface area contributed by atoms with Crippen LogP contribution in [-0.2, 0) is 4.79 Å². The molecule has 0 saturated carbocycles. The number of para-hydroxylation sites is 1. The van der Waals surface area contributed by atoms with E-state index in [2.05, 4.69) is 12.2 Å². The number of amides is 1. The molecule has 0 bridgehead atoms. The van der Waals surface area contributed by atoms with Crippen LogP contribution in [0.2, 0.25) is 0 Å². The number of nitrogens with zero attached hydrogens (tertiary/aromatic N) is 1. The summed E-state index contributed by atoms with van der Waals surface area (Å²) in [6.45, 7) is 2.25. The topological polar surface area (TPSA) is 32.3 Å². The summed E-state index contributed by atoms with van der Waals surface area (Å²) < 4.78 is 0. The summed E-state index contributed by atoms with van der Waals surface area (Å²) in [6, 6.07) is 9.71. The molecular formula is C17H18N2OS2. The molecule has 3 unspecified atom stereocenters. The number of hydrogen-bond donors (Lipinski definition) is 1. The van der Waals surface area contributed by atoms with E-state index >= 15 is 0 Å². The van der Waals surface area contributed by atoms with Gasteiger partial charge in [0.05, 0.1) is 17.0 Å². The first-order valence-electron chi connectivity index (χ1n) is 7.76. The van der Waals surface area contributed by atoms with Crippen LogP contribution in [0.5, 0.6) is 0 Å². The van der Waals surface area contributed by atoms with E-state index < -0.39 is 0 Å². The number of thiocarbonyl (C=S) groups is 1. The minimum Gasteiger partial charge on any atom is -0.349 e. The van der Waals surface area contributed by atoms with Crippen molar-refractivity contribution in [2.24, 2.45) is 11.8 Å². The maximum Gasteiger partial charge on any atom is 0.243 e. The number of carbonyl (C=O) groups is 1. The summed E-state index contributed by atoms with van der Waals surface area (Å²) in [6.07, 6.45) is 3.53. The van der Waals surface area contributed by atoms with Crippen molar-refractivity contribution in [3.05, 3.63) is 40.8 Å². The molecule has 3 nitrogen and oxygen atoms in total. The van der Waals surface area contributed by atoms with Crippen molar-refractivity contribution in [3.63, 3.8) is 0 Å². The minimum absolute atomic E-state index is 0.0674. The third kappa shape index (κ3) is 2.10. The molecule has 0 spiro atoms. The normalized spacial score (nSPS) is 31.0. The zero-order valence-electron chi connectivity index (χ0n) is 12.4. The maximum absolute atomic E-state index is 13.2. The Morgan fingerprint density at radius 1 is 1.32 bits per heavy atom. The summed E-state index contributed by atoms with van der Waals surface area (Å²) in [5.41, 5.74) is 2.22. The number of carbonyl (C=O) groups excluding carboxylic acids is 1. The van der Waals surface area contributed by atoms with Gasteiger partial charge in [0, 0.05) is 0 Å². The van der Waals surface area contributed by atoms with Crippen LogP contribution in [0.25, 0.3) is 0 Å². The van der Waals surface area contributed by atoms with Crippen LogP contribution >= 0.6 is 24.0 Å². The predicted octanol–water partition coefficient (Wildman–Crippen LogP) is 3.67. The smallest absolute Gasteiger partial charge is 0.243 e. The summed E-state index contributed by atoms with van der Waals surface area (Å²) in [5.74, 6) is 0.565. The average molecular weight is 330 g/mol. The highest BCUT2D eigenvalue weighted by atomic mass is 32.2. The van der Waals surface area contributed by atoms with Crippen molar-refractivity contribution in [3.8, 4) is 0 Å². The Bertz CT molecular complexity index is 670. The Kier molecular flexibility index (Phi) is 3.50. The minimum atomic E-state index is -0.0674. The van der Waals surface area contributed by atoms with Crippen molar-refractivity contribution in [2.75, 3.05) is 4.90 Å². The van der Waals surface area contributed by atoms with Gasteiger partial charge >= 0.3 is 0 Å². The van der Waals surface area contributed by atoms with Crippen LogP contribution in [0.1, 0.15) is 26.2 Å². The third-order valence-corrected chi connectivity index (χ3v) is 6.44. The van der Waals surface area contributed by atoms with Gasteiger partial charge in [-0.25, -0.2) is 0 Å². The predicted molar refractivity (Wildman–Crippen MR) is 94.6 cm³/mol. The lowest BCUT2D eigenvalue weighted by molar-refractivity contribution is -0.121. The van der Waals surface area contributed by atoms with Gasteiger partial charge in [-0.15, -0.1) is 11.8 Å². The second-order valence-electron chi connectivity index (χ2n) is 6.15. The lowest BCUT2D eigenvalue weighted by Crippen LogP contribution is -2.58. The summed E-state index contributed by atoms with van der Waals surface area (Å²) in [7, 11) is 0. The Hall–Kier alpha value is -1.33. The molecule has 1 aromatic rings. The van der Waals surface area contributed by atoms with E-state index in [4.69, 9.17) is 12.2 Å². The molecule has 4 rings (SSSR count). The lowest BCUT2D eigenvalue weighted by atomic mass is 9.80. The lowest BCUT2D eigenvalue weighted by Gasteiger charge is -2.37. The number of rotatable bonds is 1. The van der Waals surface area contributed by atoms with Crippen molar-refractivity contribution < 1.29 is 4.79 Å². The van der Waals surface area contributed by atoms with Crippen molar-refractivity contribution in [1.29, 1.82) is 0 Å². The molecule has 2 aliphatic heterocycles. The quantitative estimate of drug-likeness (QED) is 0.796. The highest BCUT2D eigenvalue weighted by molar-refractivity contribution is 8.04. The summed E-state index contributed by atoms with van der Waals surface area (Å²) >= 11 is 7.29. The van der Waals surface area contributed by atoms with E-state index in [-0.39, 0.29) is 17.2 Å². The third-order valence-electron chi connectivity index (χ3n) is 4.77. The van der Waals surface area contributed by atoms with Gasteiger partial charge in [0.2, 0.25) is 5.91 Å². The fourth-order valence-corrected chi connectivity index (χ4v) is 5.76. The highest BCUT2D eigenvalue weighted by Crippen LogP contribution is 2.51. The molecule has 22 heavy (non-hydrogen) atoms. The van der Waals surface area contributed by atoms with Crippen LogP contribution < -0.4 is 10.2 Å². The molecule has 3 aliphatic rings. The largest absolute Gasteiger partial charge is 0.349 e. The van der Waals surface area contributed by atoms with E-state index in [9.17, 15) is 4.79 Å². The molecule has 1 fully saturated rings. The molecule has 0 radical (unpaired) electrons. The van der Waals surface area contributed by atoms with Gasteiger partial charge in [-0.2, -0.15) is 0 Å². The maximum atomic E-state index is 13.2. The van der Waals surface area contributed by atoms with Crippen LogP contribution in [0.3, 0.4) is 0 Å². The Balaban J connectivity index is 1.73. The van der Waals surface area contributed by atoms with Gasteiger partial charge in [0.15, 0.2) is 5.11 Å². The first kappa shape index (κ1) is 14.3. The van der Waals surface area contributed by atoms with Gasteiger partial charge in [-0.1, -0.05) is 25.1 Å². The molecule has 3 atom stereocenters. The zero-order chi connectivity index (χ0) is 15.3. The van der Waals surface area contributed by atoms with Gasteiger partial charge in [-0.3, -0.25) is 9.69 Å². The monoisotopic (exact) mass is 330 g/mol. The van der Waals surface area contributed by atoms with E-state index in [0.717, 1.165) is 12.1 Å². The number of nitrogens with one attached hydrogen (secondary N) is 1. The standard InChI is InChI=1S/C17H18N2OS2/c1-10-6-5-9-12-13(10)14-15(22-12)18-17(21)19(16(14)20)11-7-3-2-4-8-11/h2-4,7-8,10,14-15H,5-6,9H2,1H3,(H,18,21). The molecule has 1 amide bonds. The first-order valence-corrected chi connectivity index (χ1v) is 9.04. The van der Waals surface area contributed by atoms with Crippen molar-refractivity contribution >= 4 is 40.7 Å². The second kappa shape index (κ2) is 5.39. The Morgan fingerprint density at radius 2 is 2.09 bits per heavy atom. The number of fused-ring (bicyclic) bond motifs is 2. The number of allylic oxidation sites excluding steroid dienone is 1. The van der Waals surface area contributed by atoms with Gasteiger partial charge < -0.3 is 5.32 Å². The molecule has 5 heteroatoms. The Morgan fingerprint density at radius 3 is 2.86 bits per heavy atom. The fraction of sp³-hybridized carbons (Fsp3) is 0.412. The average Bonchev–Trinajstić information content (AvgIpc) is 2.88. The van der Waals surface area contributed by atoms with Gasteiger partial charge in [0.1, 0.15) is 0 Å². The zero-order valence-corrected chi connectivity index (χ0v) is 14.0. The fourth-order valence-electron chi connectivity index (χ4n) is 3.76. The summed E-state index contributed by atoms with van der Waals surface area (Å²) in [5, 5.41) is 4.01. The highest BCUT2D eigenvalue weighted by Gasteiger charge is 2.49. The van der Waals surface area contributed by atoms with Crippen LogP contribution in [0, 0.1) is 11.8 Å². The SMILES string of the molecule is CC1CCCC2=C1C1C(=O)N(c3ccccc3)C(=S)NC1S2. The number of hydrogen-bond acceptors (Lipinski definition) is 3. The van der Waals surface area contributed by atoms with Crippen LogP contribution in [0.4, 0.5) is 5.69 Å². The number of anilines is 1. The van der Waals surface area contributed by atoms with Gasteiger partial charge in [-0.05, 0) is 60.0 Å². The molecule has 1 N–H and O–H groups in total. The Labute approximate surface area is 140 Å². The van der Waals surface area contributed by atoms with E-state index in [1.54, 1.807) is 4.90 Å². The molecule has 1 saturated heterocycles. The summed E-state index contributed by atoms with van der Waals surface area (Å²) in [4.78, 5) is 16.3. The van der Waals surface area contributed by atoms with E-state index in [0.29, 0.717) is 11.0 Å². The van der Waals surface area contributed by atoms with E-state index in [1.807, 2.05) is 42.1 Å². The van der Waals surface area contributed by atoms with E-state index in [1.165, 1.54) is 23.3 Å². The van der Waals surface area contributed by atoms with Crippen molar-refractivity contribution in [2.45, 2.75) is 31.6 Å². The molecule has 114 valence electrons. The van der Waals surface area contributed by atoms with Gasteiger partial charge in [0.25, 0.3) is 0 Å². The molecule has 0 aromatic heterocycles. The first-order chi connectivity index (χ1) is 10.7. The molecule has 1 aromatic carbocycles.